The highest BCUT2D eigenvalue weighted by Crippen LogP contribution is 2.65. The zero-order chi connectivity index (χ0) is 25.4. The van der Waals surface area contributed by atoms with Gasteiger partial charge in [0.25, 0.3) is 0 Å². The van der Waals surface area contributed by atoms with Crippen LogP contribution in [0.2, 0.25) is 0 Å². The maximum Gasteiger partial charge on any atom is 0.338 e. The second-order valence-electron chi connectivity index (χ2n) is 11.3. The monoisotopic (exact) mass is 476 g/mol. The van der Waals surface area contributed by atoms with Crippen LogP contribution in [0.5, 0.6) is 0 Å². The molecule has 1 atom stereocenters. The minimum Gasteiger partial charge on any atom is -0.456 e. The molecule has 1 heterocycles. The van der Waals surface area contributed by atoms with Crippen LogP contribution in [0, 0.1) is 5.41 Å². The van der Waals surface area contributed by atoms with Crippen molar-refractivity contribution >= 4 is 11.9 Å². The number of piperidine rings is 1. The molecule has 2 aromatic rings. The molecule has 2 N–H and O–H groups in total. The molecule has 5 heteroatoms. The normalized spacial score (nSPS) is 21.5. The smallest absolute Gasteiger partial charge is 0.338 e. The van der Waals surface area contributed by atoms with E-state index in [2.05, 4.69) is 24.3 Å². The van der Waals surface area contributed by atoms with E-state index in [1.807, 2.05) is 63.8 Å². The fourth-order valence-corrected chi connectivity index (χ4v) is 5.23. The van der Waals surface area contributed by atoms with E-state index in [0.717, 1.165) is 49.9 Å². The summed E-state index contributed by atoms with van der Waals surface area (Å²) in [6.07, 6.45) is 5.05. The second kappa shape index (κ2) is 9.42. The van der Waals surface area contributed by atoms with Crippen molar-refractivity contribution in [1.82, 2.24) is 4.90 Å². The Morgan fingerprint density at radius 2 is 1.40 bits per heavy atom. The largest absolute Gasteiger partial charge is 0.456 e. The molecular formula is C30H40N2O3. The molecule has 3 aliphatic rings. The predicted octanol–water partition coefficient (Wildman–Crippen LogP) is 5.92. The minimum absolute atomic E-state index is 0.164. The second-order valence-corrected chi connectivity index (χ2v) is 11.3. The first-order chi connectivity index (χ1) is 16.6. The summed E-state index contributed by atoms with van der Waals surface area (Å²) in [7, 11) is 0. The van der Waals surface area contributed by atoms with Crippen molar-refractivity contribution in [3.05, 3.63) is 59.7 Å². The molecule has 1 amide bonds. The number of hydrogen-bond acceptors (Lipinski definition) is 4. The van der Waals surface area contributed by atoms with Crippen molar-refractivity contribution in [1.29, 1.82) is 0 Å². The molecule has 1 saturated heterocycles. The number of hydrogen-bond donors (Lipinski definition) is 1. The molecule has 2 saturated carbocycles. The van der Waals surface area contributed by atoms with Crippen molar-refractivity contribution in [2.45, 2.75) is 83.8 Å². The number of carbonyl (C=O) groups excluding carboxylic acids is 2. The van der Waals surface area contributed by atoms with E-state index in [4.69, 9.17) is 10.5 Å². The SMILES string of the molecule is CC.CC(C)(C)OC(=O)c1ccc(-c2ccc(C3CC34CCN(C(=O)C3(N)CC3)CC4)cc2)cc1. The topological polar surface area (TPSA) is 72.6 Å². The van der Waals surface area contributed by atoms with Gasteiger partial charge in [-0.1, -0.05) is 50.2 Å². The standard InChI is InChI=1S/C28H34N2O3.C2H6/c1-26(2,3)33-24(31)22-10-6-20(7-11-22)19-4-8-21(9-5-19)23-18-27(23)14-16-30(17-15-27)25(32)28(29)12-13-28;1-2/h4-11,23H,12-18,29H2,1-3H3;1-2H3. The van der Waals surface area contributed by atoms with Gasteiger partial charge in [0.05, 0.1) is 11.1 Å². The van der Waals surface area contributed by atoms with E-state index >= 15 is 0 Å². The van der Waals surface area contributed by atoms with Crippen LogP contribution in [-0.2, 0) is 9.53 Å². The van der Waals surface area contributed by atoms with E-state index in [-0.39, 0.29) is 11.9 Å². The van der Waals surface area contributed by atoms with Crippen molar-refractivity contribution in [3.8, 4) is 11.1 Å². The number of nitrogens with zero attached hydrogens (tertiary/aromatic N) is 1. The lowest BCUT2D eigenvalue weighted by molar-refractivity contribution is -0.135. The number of rotatable bonds is 4. The summed E-state index contributed by atoms with van der Waals surface area (Å²) in [6.45, 7) is 11.3. The summed E-state index contributed by atoms with van der Waals surface area (Å²) in [5, 5.41) is 0. The van der Waals surface area contributed by atoms with Crippen LogP contribution in [0.1, 0.15) is 88.6 Å². The molecule has 35 heavy (non-hydrogen) atoms. The Morgan fingerprint density at radius 1 is 0.886 bits per heavy atom. The maximum absolute atomic E-state index is 12.5. The molecule has 1 aliphatic heterocycles. The highest BCUT2D eigenvalue weighted by Gasteiger charge is 2.57. The Hall–Kier alpha value is -2.66. The van der Waals surface area contributed by atoms with Crippen molar-refractivity contribution < 1.29 is 14.3 Å². The van der Waals surface area contributed by atoms with Gasteiger partial charge in [-0.2, -0.15) is 0 Å². The van der Waals surface area contributed by atoms with Gasteiger partial charge in [0.1, 0.15) is 5.60 Å². The fraction of sp³-hybridized carbons (Fsp3) is 0.533. The van der Waals surface area contributed by atoms with Gasteiger partial charge < -0.3 is 15.4 Å². The van der Waals surface area contributed by atoms with E-state index < -0.39 is 11.1 Å². The Bertz CT molecular complexity index is 1050. The van der Waals surface area contributed by atoms with Gasteiger partial charge in [-0.3, -0.25) is 4.79 Å². The summed E-state index contributed by atoms with van der Waals surface area (Å²) in [5.74, 6) is 0.456. The van der Waals surface area contributed by atoms with Crippen LogP contribution in [-0.4, -0.2) is 41.0 Å². The number of amides is 1. The van der Waals surface area contributed by atoms with E-state index in [0.29, 0.717) is 16.9 Å². The van der Waals surface area contributed by atoms with Gasteiger partial charge in [0, 0.05) is 13.1 Å². The molecule has 3 fully saturated rings. The molecule has 1 unspecified atom stereocenters. The van der Waals surface area contributed by atoms with Crippen molar-refractivity contribution in [3.63, 3.8) is 0 Å². The van der Waals surface area contributed by atoms with Crippen molar-refractivity contribution in [2.75, 3.05) is 13.1 Å². The summed E-state index contributed by atoms with van der Waals surface area (Å²) in [6, 6.07) is 16.4. The number of nitrogens with two attached hydrogens (primary N) is 1. The van der Waals surface area contributed by atoms with Crippen LogP contribution < -0.4 is 5.73 Å². The van der Waals surface area contributed by atoms with Gasteiger partial charge in [0.2, 0.25) is 5.91 Å². The number of ether oxygens (including phenoxy) is 1. The predicted molar refractivity (Wildman–Crippen MR) is 140 cm³/mol. The van der Waals surface area contributed by atoms with E-state index in [1.54, 1.807) is 0 Å². The lowest BCUT2D eigenvalue weighted by atomic mass is 9.88. The van der Waals surface area contributed by atoms with Gasteiger partial charge in [-0.25, -0.2) is 4.79 Å². The van der Waals surface area contributed by atoms with Crippen LogP contribution in [0.25, 0.3) is 11.1 Å². The zero-order valence-corrected chi connectivity index (χ0v) is 21.9. The molecule has 2 aliphatic carbocycles. The maximum atomic E-state index is 12.5. The van der Waals surface area contributed by atoms with Crippen LogP contribution in [0.4, 0.5) is 0 Å². The first-order valence-corrected chi connectivity index (χ1v) is 13.1. The Labute approximate surface area is 210 Å². The average Bonchev–Trinajstić information content (AvgIpc) is 3.77. The van der Waals surface area contributed by atoms with E-state index in [1.165, 1.54) is 12.0 Å². The highest BCUT2D eigenvalue weighted by atomic mass is 16.6. The number of likely N-dealkylation sites (tertiary alicyclic amines) is 1. The van der Waals surface area contributed by atoms with Crippen molar-refractivity contribution in [2.24, 2.45) is 11.1 Å². The highest BCUT2D eigenvalue weighted by molar-refractivity contribution is 5.90. The molecule has 5 rings (SSSR count). The number of esters is 1. The van der Waals surface area contributed by atoms with Gasteiger partial charge in [-0.15, -0.1) is 0 Å². The van der Waals surface area contributed by atoms with Gasteiger partial charge in [-0.05, 0) is 93.0 Å². The Balaban J connectivity index is 0.00000141. The van der Waals surface area contributed by atoms with Crippen LogP contribution in [0.3, 0.4) is 0 Å². The summed E-state index contributed by atoms with van der Waals surface area (Å²) >= 11 is 0. The third-order valence-electron chi connectivity index (χ3n) is 7.62. The zero-order valence-electron chi connectivity index (χ0n) is 21.9. The van der Waals surface area contributed by atoms with Gasteiger partial charge >= 0.3 is 5.97 Å². The van der Waals surface area contributed by atoms with E-state index in [9.17, 15) is 9.59 Å². The third-order valence-corrected chi connectivity index (χ3v) is 7.62. The lowest BCUT2D eigenvalue weighted by Gasteiger charge is -2.34. The first kappa shape index (κ1) is 25.4. The molecular weight excluding hydrogens is 436 g/mol. The Kier molecular flexibility index (Phi) is 6.85. The van der Waals surface area contributed by atoms with Gasteiger partial charge in [0.15, 0.2) is 0 Å². The molecule has 1 spiro atoms. The fourth-order valence-electron chi connectivity index (χ4n) is 5.23. The number of carbonyl (C=O) groups is 2. The summed E-state index contributed by atoms with van der Waals surface area (Å²) in [4.78, 5) is 26.8. The quantitative estimate of drug-likeness (QED) is 0.556. The third kappa shape index (κ3) is 5.45. The minimum atomic E-state index is -0.547. The average molecular weight is 477 g/mol. The van der Waals surface area contributed by atoms with Crippen LogP contribution >= 0.6 is 0 Å². The number of benzene rings is 2. The molecule has 0 aromatic heterocycles. The molecule has 5 nitrogen and oxygen atoms in total. The first-order valence-electron chi connectivity index (χ1n) is 13.1. The lowest BCUT2D eigenvalue weighted by Crippen LogP contribution is -2.49. The molecule has 0 bridgehead atoms. The Morgan fingerprint density at radius 3 is 1.89 bits per heavy atom. The summed E-state index contributed by atoms with van der Waals surface area (Å²) in [5.41, 5.74) is 9.62. The molecule has 2 aromatic carbocycles. The summed E-state index contributed by atoms with van der Waals surface area (Å²) < 4.78 is 5.45. The molecule has 188 valence electrons. The molecule has 0 radical (unpaired) electrons. The van der Waals surface area contributed by atoms with Crippen LogP contribution in [0.15, 0.2) is 48.5 Å².